The van der Waals surface area contributed by atoms with Crippen LogP contribution in [0.3, 0.4) is 0 Å². The maximum Gasteiger partial charge on any atom is 0.294 e. The van der Waals surface area contributed by atoms with Crippen LogP contribution in [0, 0.1) is 30.9 Å². The van der Waals surface area contributed by atoms with Crippen LogP contribution in [0.25, 0.3) is 0 Å². The Morgan fingerprint density at radius 2 is 1.83 bits per heavy atom. The zero-order valence-corrected chi connectivity index (χ0v) is 18.6. The van der Waals surface area contributed by atoms with Crippen molar-refractivity contribution in [3.05, 3.63) is 32.4 Å². The highest BCUT2D eigenvalue weighted by atomic mass is 16.9. The summed E-state index contributed by atoms with van der Waals surface area (Å²) in [6.07, 6.45) is 2.12. The Morgan fingerprint density at radius 3 is 2.53 bits per heavy atom. The maximum absolute atomic E-state index is 10.2. The molecule has 1 aromatic rings. The molecule has 0 radical (unpaired) electrons. The molecule has 170 valence electrons. The fraction of sp³-hybridized carbons (Fsp3) is 0.714. The molecule has 0 amide bonds. The first-order valence-corrected chi connectivity index (χ1v) is 10.1. The second kappa shape index (κ2) is 11.3. The van der Waals surface area contributed by atoms with Crippen LogP contribution >= 0.6 is 0 Å². The lowest BCUT2D eigenvalue weighted by atomic mass is 9.87. The molecule has 9 nitrogen and oxygen atoms in total. The van der Waals surface area contributed by atoms with E-state index >= 15 is 0 Å². The third-order valence-corrected chi connectivity index (χ3v) is 5.32. The molecule has 0 aromatic heterocycles. The van der Waals surface area contributed by atoms with Crippen LogP contribution in [-0.4, -0.2) is 57.6 Å². The minimum absolute atomic E-state index is 0.0306. The van der Waals surface area contributed by atoms with Crippen molar-refractivity contribution in [1.82, 2.24) is 0 Å². The summed E-state index contributed by atoms with van der Waals surface area (Å²) in [6.45, 7) is 10.1. The van der Waals surface area contributed by atoms with E-state index in [0.717, 1.165) is 46.6 Å². The number of methoxy groups -OCH3 is 1. The predicted octanol–water partition coefficient (Wildman–Crippen LogP) is 3.31. The number of ether oxygens (including phenoxy) is 5. The number of hydrogen-bond acceptors (Lipinski definition) is 8. The van der Waals surface area contributed by atoms with Gasteiger partial charge in [-0.3, -0.25) is 0 Å². The van der Waals surface area contributed by atoms with E-state index < -0.39 is 10.7 Å². The summed E-state index contributed by atoms with van der Waals surface area (Å²) in [6, 6.07) is 0. The van der Waals surface area contributed by atoms with Gasteiger partial charge in [-0.25, -0.2) is 0 Å². The number of nitrogens with zero attached hydrogens (tertiary/aromatic N) is 1. The van der Waals surface area contributed by atoms with Crippen molar-refractivity contribution in [1.29, 1.82) is 0 Å². The van der Waals surface area contributed by atoms with Gasteiger partial charge in [0.2, 0.25) is 0 Å². The largest absolute Gasteiger partial charge is 0.485 e. The van der Waals surface area contributed by atoms with Crippen molar-refractivity contribution in [2.75, 3.05) is 46.9 Å². The lowest BCUT2D eigenvalue weighted by Crippen LogP contribution is -2.41. The molecular weight excluding hydrogens is 394 g/mol. The number of hydrogen-bond donors (Lipinski definition) is 0. The Kier molecular flexibility index (Phi) is 9.13. The molecule has 1 unspecified atom stereocenters. The minimum Gasteiger partial charge on any atom is -0.485 e. The Bertz CT molecular complexity index is 724. The molecule has 1 atom stereocenters. The molecule has 9 heteroatoms. The maximum atomic E-state index is 10.2. The monoisotopic (exact) mass is 427 g/mol. The number of fused-ring (bicyclic) bond motifs is 1. The van der Waals surface area contributed by atoms with E-state index in [2.05, 4.69) is 4.84 Å². The van der Waals surface area contributed by atoms with Gasteiger partial charge >= 0.3 is 0 Å². The molecule has 1 aliphatic heterocycles. The van der Waals surface area contributed by atoms with Gasteiger partial charge in [-0.05, 0) is 63.6 Å². The lowest BCUT2D eigenvalue weighted by Gasteiger charge is -2.38. The van der Waals surface area contributed by atoms with Gasteiger partial charge in [0.1, 0.15) is 17.1 Å². The average molecular weight is 427 g/mol. The van der Waals surface area contributed by atoms with Crippen molar-refractivity contribution < 1.29 is 33.6 Å². The normalized spacial score (nSPS) is 17.9. The molecule has 0 saturated heterocycles. The first kappa shape index (κ1) is 24.2. The predicted molar refractivity (Wildman–Crippen MR) is 110 cm³/mol. The highest BCUT2D eigenvalue weighted by Gasteiger charge is 2.35. The van der Waals surface area contributed by atoms with Crippen LogP contribution in [0.5, 0.6) is 11.5 Å². The van der Waals surface area contributed by atoms with E-state index in [1.165, 1.54) is 0 Å². The van der Waals surface area contributed by atoms with E-state index in [0.29, 0.717) is 32.8 Å². The first-order chi connectivity index (χ1) is 14.3. The molecule has 1 aliphatic rings. The summed E-state index contributed by atoms with van der Waals surface area (Å²) in [5.74, 6) is 1.74. The first-order valence-electron chi connectivity index (χ1n) is 10.1. The van der Waals surface area contributed by atoms with Gasteiger partial charge in [-0.1, -0.05) is 0 Å². The standard InChI is InChI=1S/C21H33NO8/c1-15-16(2)20-18(17(3)19(15)28-14-27-12-11-25-5)7-8-21(4,30-20)13-26-9-6-10-29-22(23)24/h6-14H2,1-5H3. The van der Waals surface area contributed by atoms with Gasteiger partial charge in [0.15, 0.2) is 6.79 Å². The van der Waals surface area contributed by atoms with Crippen LogP contribution < -0.4 is 9.47 Å². The average Bonchev–Trinajstić information content (AvgIpc) is 2.70. The van der Waals surface area contributed by atoms with Gasteiger partial charge < -0.3 is 28.5 Å². The van der Waals surface area contributed by atoms with E-state index in [1.807, 2.05) is 27.7 Å². The second-order valence-corrected chi connectivity index (χ2v) is 7.69. The van der Waals surface area contributed by atoms with Crippen LogP contribution in [-0.2, 0) is 25.5 Å². The molecule has 30 heavy (non-hydrogen) atoms. The molecule has 0 spiro atoms. The molecular formula is C21H33NO8. The third kappa shape index (κ3) is 6.45. The van der Waals surface area contributed by atoms with Crippen molar-refractivity contribution in [2.24, 2.45) is 0 Å². The summed E-state index contributed by atoms with van der Waals surface area (Å²) in [7, 11) is 1.63. The quantitative estimate of drug-likeness (QED) is 0.205. The Balaban J connectivity index is 1.98. The zero-order chi connectivity index (χ0) is 22.1. The Labute approximate surface area is 177 Å². The molecule has 0 fully saturated rings. The topological polar surface area (TPSA) is 98.5 Å². The van der Waals surface area contributed by atoms with Crippen LogP contribution in [0.2, 0.25) is 0 Å². The second-order valence-electron chi connectivity index (χ2n) is 7.69. The van der Waals surface area contributed by atoms with E-state index in [-0.39, 0.29) is 13.4 Å². The summed E-state index contributed by atoms with van der Waals surface area (Å²) in [5.41, 5.74) is 3.85. The van der Waals surface area contributed by atoms with Gasteiger partial charge in [0, 0.05) is 19.3 Å². The summed E-state index contributed by atoms with van der Waals surface area (Å²) >= 11 is 0. The highest BCUT2D eigenvalue weighted by Crippen LogP contribution is 2.43. The molecule has 1 heterocycles. The fourth-order valence-corrected chi connectivity index (χ4v) is 3.49. The van der Waals surface area contributed by atoms with Gasteiger partial charge in [-0.2, -0.15) is 0 Å². The Morgan fingerprint density at radius 1 is 1.07 bits per heavy atom. The van der Waals surface area contributed by atoms with Crippen LogP contribution in [0.1, 0.15) is 42.0 Å². The third-order valence-electron chi connectivity index (χ3n) is 5.32. The Hall–Kier alpha value is -2.10. The van der Waals surface area contributed by atoms with Gasteiger partial charge in [0.25, 0.3) is 5.09 Å². The SMILES string of the molecule is COCCOCOc1c(C)c(C)c2c(c1C)CCC(C)(COCCCO[N+](=O)[O-])O2. The van der Waals surface area contributed by atoms with Crippen LogP contribution in [0.4, 0.5) is 0 Å². The van der Waals surface area contributed by atoms with Crippen molar-refractivity contribution in [3.8, 4) is 11.5 Å². The van der Waals surface area contributed by atoms with E-state index in [4.69, 9.17) is 23.7 Å². The van der Waals surface area contributed by atoms with Crippen molar-refractivity contribution >= 4 is 0 Å². The van der Waals surface area contributed by atoms with E-state index in [1.54, 1.807) is 7.11 Å². The minimum atomic E-state index is -0.792. The number of rotatable bonds is 13. The van der Waals surface area contributed by atoms with Gasteiger partial charge in [-0.15, -0.1) is 10.1 Å². The lowest BCUT2D eigenvalue weighted by molar-refractivity contribution is -0.757. The highest BCUT2D eigenvalue weighted by molar-refractivity contribution is 5.59. The molecule has 0 bridgehead atoms. The van der Waals surface area contributed by atoms with Crippen molar-refractivity contribution in [3.63, 3.8) is 0 Å². The molecule has 1 aromatic carbocycles. The molecule has 2 rings (SSSR count). The molecule has 0 saturated carbocycles. The summed E-state index contributed by atoms with van der Waals surface area (Å²) < 4.78 is 28.4. The molecule has 0 N–H and O–H groups in total. The van der Waals surface area contributed by atoms with Crippen molar-refractivity contribution in [2.45, 2.75) is 52.6 Å². The smallest absolute Gasteiger partial charge is 0.294 e. The van der Waals surface area contributed by atoms with Crippen LogP contribution in [0.15, 0.2) is 0 Å². The zero-order valence-electron chi connectivity index (χ0n) is 18.6. The summed E-state index contributed by atoms with van der Waals surface area (Å²) in [4.78, 5) is 14.4. The summed E-state index contributed by atoms with van der Waals surface area (Å²) in [5, 5.41) is 9.37. The van der Waals surface area contributed by atoms with Gasteiger partial charge in [0.05, 0.1) is 26.4 Å². The fourth-order valence-electron chi connectivity index (χ4n) is 3.49. The molecule has 0 aliphatic carbocycles. The number of benzene rings is 1. The van der Waals surface area contributed by atoms with E-state index in [9.17, 15) is 10.1 Å².